The van der Waals surface area contributed by atoms with Gasteiger partial charge >= 0.3 is 0 Å². The Kier molecular flexibility index (Phi) is 5.85. The normalized spacial score (nSPS) is 26.7. The molecule has 6 heteroatoms. The number of rotatable bonds is 3. The molecular formula is C23H33N3O3. The highest BCUT2D eigenvalue weighted by molar-refractivity contribution is 6.07. The van der Waals surface area contributed by atoms with Gasteiger partial charge in [-0.1, -0.05) is 5.92 Å². The van der Waals surface area contributed by atoms with Crippen LogP contribution in [-0.2, 0) is 14.4 Å². The second-order valence-corrected chi connectivity index (χ2v) is 9.32. The maximum Gasteiger partial charge on any atom is 0.298 e. The van der Waals surface area contributed by atoms with Crippen molar-refractivity contribution in [1.29, 1.82) is 0 Å². The predicted molar refractivity (Wildman–Crippen MR) is 109 cm³/mol. The maximum absolute atomic E-state index is 12.9. The minimum Gasteiger partial charge on any atom is -0.358 e. The molecule has 0 aromatic heterocycles. The van der Waals surface area contributed by atoms with Crippen LogP contribution in [-0.4, -0.2) is 60.7 Å². The average molecular weight is 400 g/mol. The first-order chi connectivity index (χ1) is 14.0. The number of hydrogen-bond donors (Lipinski definition) is 1. The van der Waals surface area contributed by atoms with E-state index >= 15 is 0 Å². The summed E-state index contributed by atoms with van der Waals surface area (Å²) in [6.07, 6.45) is 8.91. The molecule has 3 amide bonds. The lowest BCUT2D eigenvalue weighted by atomic mass is 9.80. The standard InChI is InChI=1S/C23H33N3O3/c1-24-21(28)23(11-12-23)22(29)26-15-9-19(10-16-26)18-3-2-13-25(14-8-18)20(27)7-6-17-4-5-17/h17-19H,2-5,8-16H2,1H3,(H,24,28). The minimum absolute atomic E-state index is 0.00176. The molecule has 0 aromatic carbocycles. The van der Waals surface area contributed by atoms with E-state index in [1.54, 1.807) is 7.05 Å². The van der Waals surface area contributed by atoms with Gasteiger partial charge in [0.2, 0.25) is 11.8 Å². The SMILES string of the molecule is CNC(=O)C1(C(=O)N2CCC(C3CCCN(C(=O)C#CC4CC4)CC3)CC2)CC1. The van der Waals surface area contributed by atoms with Crippen LogP contribution in [0.3, 0.4) is 0 Å². The number of likely N-dealkylation sites (tertiary alicyclic amines) is 2. The van der Waals surface area contributed by atoms with Gasteiger partial charge in [0.15, 0.2) is 0 Å². The zero-order valence-corrected chi connectivity index (χ0v) is 17.5. The first kappa shape index (κ1) is 20.3. The van der Waals surface area contributed by atoms with Gasteiger partial charge in [-0.05, 0) is 75.5 Å². The Bertz CT molecular complexity index is 721. The van der Waals surface area contributed by atoms with Gasteiger partial charge in [-0.2, -0.15) is 0 Å². The van der Waals surface area contributed by atoms with E-state index in [9.17, 15) is 14.4 Å². The van der Waals surface area contributed by atoms with E-state index in [1.807, 2.05) is 9.80 Å². The molecule has 1 unspecified atom stereocenters. The van der Waals surface area contributed by atoms with Crippen LogP contribution in [0.2, 0.25) is 0 Å². The first-order valence-corrected chi connectivity index (χ1v) is 11.4. The van der Waals surface area contributed by atoms with Crippen LogP contribution >= 0.6 is 0 Å². The van der Waals surface area contributed by atoms with E-state index in [-0.39, 0.29) is 17.7 Å². The molecule has 2 saturated heterocycles. The molecular weight excluding hydrogens is 366 g/mol. The minimum atomic E-state index is -0.772. The Balaban J connectivity index is 1.26. The summed E-state index contributed by atoms with van der Waals surface area (Å²) in [7, 11) is 1.61. The molecule has 2 aliphatic carbocycles. The quantitative estimate of drug-likeness (QED) is 0.581. The van der Waals surface area contributed by atoms with E-state index in [4.69, 9.17) is 0 Å². The van der Waals surface area contributed by atoms with E-state index < -0.39 is 5.41 Å². The molecule has 158 valence electrons. The average Bonchev–Trinajstić information content (AvgIpc) is 3.65. The van der Waals surface area contributed by atoms with Gasteiger partial charge in [0.1, 0.15) is 5.41 Å². The van der Waals surface area contributed by atoms with Crippen LogP contribution in [0.15, 0.2) is 0 Å². The molecule has 4 aliphatic rings. The van der Waals surface area contributed by atoms with Gasteiger partial charge in [-0.15, -0.1) is 0 Å². The van der Waals surface area contributed by atoms with Crippen molar-refractivity contribution in [1.82, 2.24) is 15.1 Å². The van der Waals surface area contributed by atoms with Crippen LogP contribution in [0, 0.1) is 35.0 Å². The Morgan fingerprint density at radius 2 is 1.48 bits per heavy atom. The number of amides is 3. The van der Waals surface area contributed by atoms with Crippen molar-refractivity contribution < 1.29 is 14.4 Å². The third-order valence-corrected chi connectivity index (χ3v) is 7.34. The van der Waals surface area contributed by atoms with Crippen molar-refractivity contribution in [2.45, 2.75) is 57.8 Å². The van der Waals surface area contributed by atoms with Crippen molar-refractivity contribution in [2.24, 2.45) is 23.2 Å². The molecule has 4 fully saturated rings. The van der Waals surface area contributed by atoms with E-state index in [1.165, 1.54) is 0 Å². The Labute approximate surface area is 173 Å². The van der Waals surface area contributed by atoms with Gasteiger partial charge < -0.3 is 15.1 Å². The zero-order valence-electron chi connectivity index (χ0n) is 17.5. The Morgan fingerprint density at radius 3 is 2.07 bits per heavy atom. The second kappa shape index (κ2) is 8.38. The lowest BCUT2D eigenvalue weighted by molar-refractivity contribution is -0.145. The largest absolute Gasteiger partial charge is 0.358 e. The summed E-state index contributed by atoms with van der Waals surface area (Å²) < 4.78 is 0. The molecule has 0 bridgehead atoms. The van der Waals surface area contributed by atoms with E-state index in [0.717, 1.165) is 71.1 Å². The van der Waals surface area contributed by atoms with Crippen LogP contribution in [0.1, 0.15) is 57.8 Å². The highest BCUT2D eigenvalue weighted by Crippen LogP contribution is 2.48. The number of hydrogen-bond acceptors (Lipinski definition) is 3. The van der Waals surface area contributed by atoms with Gasteiger partial charge in [0, 0.05) is 39.1 Å². The molecule has 0 radical (unpaired) electrons. The number of nitrogens with zero attached hydrogens (tertiary/aromatic N) is 2. The summed E-state index contributed by atoms with van der Waals surface area (Å²) in [6, 6.07) is 0. The molecule has 4 rings (SSSR count). The highest BCUT2D eigenvalue weighted by atomic mass is 16.2. The van der Waals surface area contributed by atoms with Crippen LogP contribution in [0.4, 0.5) is 0 Å². The van der Waals surface area contributed by atoms with Gasteiger partial charge in [-0.3, -0.25) is 14.4 Å². The number of carbonyl (C=O) groups is 3. The second-order valence-electron chi connectivity index (χ2n) is 9.32. The molecule has 29 heavy (non-hydrogen) atoms. The summed E-state index contributed by atoms with van der Waals surface area (Å²) in [5, 5.41) is 2.66. The topological polar surface area (TPSA) is 69.7 Å². The van der Waals surface area contributed by atoms with Crippen LogP contribution in [0.5, 0.6) is 0 Å². The lowest BCUT2D eigenvalue weighted by Gasteiger charge is -2.37. The number of piperidine rings is 1. The molecule has 0 aromatic rings. The third kappa shape index (κ3) is 4.44. The van der Waals surface area contributed by atoms with Crippen LogP contribution in [0.25, 0.3) is 0 Å². The summed E-state index contributed by atoms with van der Waals surface area (Å²) >= 11 is 0. The predicted octanol–water partition coefficient (Wildman–Crippen LogP) is 1.79. The molecule has 2 saturated carbocycles. The fraction of sp³-hybridized carbons (Fsp3) is 0.783. The van der Waals surface area contributed by atoms with E-state index in [0.29, 0.717) is 30.6 Å². The van der Waals surface area contributed by atoms with Crippen molar-refractivity contribution >= 4 is 17.7 Å². The summed E-state index contributed by atoms with van der Waals surface area (Å²) in [5.41, 5.74) is -0.772. The summed E-state index contributed by atoms with van der Waals surface area (Å²) in [5.74, 6) is 7.54. The highest BCUT2D eigenvalue weighted by Gasteiger charge is 2.57. The molecule has 2 heterocycles. The molecule has 2 aliphatic heterocycles. The van der Waals surface area contributed by atoms with Crippen molar-refractivity contribution in [3.8, 4) is 11.8 Å². The van der Waals surface area contributed by atoms with Crippen molar-refractivity contribution in [3.05, 3.63) is 0 Å². The fourth-order valence-corrected chi connectivity index (χ4v) is 5.05. The van der Waals surface area contributed by atoms with Gasteiger partial charge in [0.25, 0.3) is 5.91 Å². The smallest absolute Gasteiger partial charge is 0.298 e. The van der Waals surface area contributed by atoms with Gasteiger partial charge in [0.05, 0.1) is 0 Å². The third-order valence-electron chi connectivity index (χ3n) is 7.34. The lowest BCUT2D eigenvalue weighted by Crippen LogP contribution is -2.48. The maximum atomic E-state index is 12.9. The Morgan fingerprint density at radius 1 is 0.862 bits per heavy atom. The number of nitrogens with one attached hydrogen (secondary N) is 1. The summed E-state index contributed by atoms with van der Waals surface area (Å²) in [6.45, 7) is 3.14. The molecule has 1 atom stereocenters. The van der Waals surface area contributed by atoms with E-state index in [2.05, 4.69) is 17.2 Å². The molecule has 1 N–H and O–H groups in total. The zero-order chi connectivity index (χ0) is 20.4. The van der Waals surface area contributed by atoms with Crippen molar-refractivity contribution in [2.75, 3.05) is 33.2 Å². The Hall–Kier alpha value is -2.03. The fourth-order valence-electron chi connectivity index (χ4n) is 5.05. The summed E-state index contributed by atoms with van der Waals surface area (Å²) in [4.78, 5) is 41.2. The monoisotopic (exact) mass is 399 g/mol. The number of carbonyl (C=O) groups excluding carboxylic acids is 3. The first-order valence-electron chi connectivity index (χ1n) is 11.4. The molecule has 6 nitrogen and oxygen atoms in total. The molecule has 0 spiro atoms. The van der Waals surface area contributed by atoms with Gasteiger partial charge in [-0.25, -0.2) is 0 Å². The van der Waals surface area contributed by atoms with Crippen LogP contribution < -0.4 is 5.32 Å². The van der Waals surface area contributed by atoms with Crippen molar-refractivity contribution in [3.63, 3.8) is 0 Å².